The van der Waals surface area contributed by atoms with Gasteiger partial charge < -0.3 is 5.32 Å². The van der Waals surface area contributed by atoms with E-state index in [1.807, 2.05) is 0 Å². The summed E-state index contributed by atoms with van der Waals surface area (Å²) in [6.07, 6.45) is 9.04. The van der Waals surface area contributed by atoms with Gasteiger partial charge in [-0.1, -0.05) is 41.8 Å². The van der Waals surface area contributed by atoms with Crippen LogP contribution in [0.1, 0.15) is 54.8 Å². The molecule has 0 saturated heterocycles. The average Bonchev–Trinajstić information content (AvgIpc) is 2.62. The number of rotatable bonds is 3. The lowest BCUT2D eigenvalue weighted by molar-refractivity contribution is 0.626. The van der Waals surface area contributed by atoms with Crippen LogP contribution in [-0.2, 0) is 0 Å². The van der Waals surface area contributed by atoms with Crippen LogP contribution in [0.2, 0.25) is 0 Å². The molecule has 0 aliphatic heterocycles. The second-order valence-electron chi connectivity index (χ2n) is 5.46. The van der Waals surface area contributed by atoms with Crippen molar-refractivity contribution in [1.29, 1.82) is 0 Å². The molecule has 0 aromatic heterocycles. The highest BCUT2D eigenvalue weighted by Crippen LogP contribution is 2.30. The third kappa shape index (κ3) is 3.02. The smallest absolute Gasteiger partial charge is 0.0536 e. The highest BCUT2D eigenvalue weighted by atomic mass is 14.9. The van der Waals surface area contributed by atoms with Crippen LogP contribution in [0.4, 0.5) is 0 Å². The zero-order chi connectivity index (χ0) is 13.0. The SMILES string of the molecule is CNC(C1=CCCCCC1)c1ccc(C)cc1C. The van der Waals surface area contributed by atoms with Gasteiger partial charge in [0.15, 0.2) is 0 Å². The van der Waals surface area contributed by atoms with Crippen molar-refractivity contribution in [2.24, 2.45) is 0 Å². The molecule has 18 heavy (non-hydrogen) atoms. The molecule has 1 aliphatic rings. The van der Waals surface area contributed by atoms with Crippen molar-refractivity contribution in [2.45, 2.75) is 52.0 Å². The molecule has 1 N–H and O–H groups in total. The van der Waals surface area contributed by atoms with E-state index in [0.717, 1.165) is 0 Å². The van der Waals surface area contributed by atoms with Gasteiger partial charge in [0.2, 0.25) is 0 Å². The molecule has 0 bridgehead atoms. The van der Waals surface area contributed by atoms with Gasteiger partial charge in [-0.05, 0) is 57.7 Å². The highest BCUT2D eigenvalue weighted by Gasteiger charge is 2.17. The number of hydrogen-bond acceptors (Lipinski definition) is 1. The molecule has 0 heterocycles. The minimum atomic E-state index is 0.406. The number of allylic oxidation sites excluding steroid dienone is 1. The van der Waals surface area contributed by atoms with E-state index in [2.05, 4.69) is 50.5 Å². The van der Waals surface area contributed by atoms with E-state index in [1.54, 1.807) is 5.57 Å². The van der Waals surface area contributed by atoms with E-state index in [-0.39, 0.29) is 0 Å². The molecule has 98 valence electrons. The number of hydrogen-bond donors (Lipinski definition) is 1. The number of likely N-dealkylation sites (N-methyl/N-ethyl adjacent to an activating group) is 1. The molecule has 0 radical (unpaired) electrons. The normalized spacial score (nSPS) is 18.1. The summed E-state index contributed by atoms with van der Waals surface area (Å²) in [7, 11) is 2.08. The van der Waals surface area contributed by atoms with Crippen molar-refractivity contribution in [3.8, 4) is 0 Å². The van der Waals surface area contributed by atoms with Crippen LogP contribution >= 0.6 is 0 Å². The first kappa shape index (κ1) is 13.4. The van der Waals surface area contributed by atoms with Crippen molar-refractivity contribution < 1.29 is 0 Å². The van der Waals surface area contributed by atoms with Gasteiger partial charge in [0, 0.05) is 0 Å². The third-order valence-corrected chi connectivity index (χ3v) is 3.97. The maximum absolute atomic E-state index is 3.51. The van der Waals surface area contributed by atoms with E-state index < -0.39 is 0 Å². The minimum absolute atomic E-state index is 0.406. The number of nitrogens with one attached hydrogen (secondary N) is 1. The predicted molar refractivity (Wildman–Crippen MR) is 78.9 cm³/mol. The minimum Gasteiger partial charge on any atom is -0.310 e. The maximum atomic E-state index is 3.51. The van der Waals surface area contributed by atoms with E-state index in [0.29, 0.717) is 6.04 Å². The molecular weight excluding hydrogens is 218 g/mol. The molecule has 0 fully saturated rings. The summed E-state index contributed by atoms with van der Waals surface area (Å²) < 4.78 is 0. The molecule has 1 unspecified atom stereocenters. The number of aryl methyl sites for hydroxylation is 2. The van der Waals surface area contributed by atoms with E-state index in [4.69, 9.17) is 0 Å². The van der Waals surface area contributed by atoms with Crippen molar-refractivity contribution in [2.75, 3.05) is 7.05 Å². The molecule has 0 amide bonds. The lowest BCUT2D eigenvalue weighted by Crippen LogP contribution is -2.19. The Balaban J connectivity index is 2.29. The Bertz CT molecular complexity index is 431. The molecule has 1 nitrogen and oxygen atoms in total. The number of benzene rings is 1. The van der Waals surface area contributed by atoms with Crippen LogP contribution in [0, 0.1) is 13.8 Å². The molecule has 1 atom stereocenters. The summed E-state index contributed by atoms with van der Waals surface area (Å²) in [4.78, 5) is 0. The molecule has 0 spiro atoms. The van der Waals surface area contributed by atoms with Crippen molar-refractivity contribution >= 4 is 0 Å². The molecule has 2 rings (SSSR count). The zero-order valence-electron chi connectivity index (χ0n) is 11.9. The molecule has 1 aromatic rings. The van der Waals surface area contributed by atoms with Crippen molar-refractivity contribution in [3.05, 3.63) is 46.5 Å². The first-order chi connectivity index (χ1) is 8.72. The fourth-order valence-corrected chi connectivity index (χ4v) is 2.99. The molecule has 0 saturated carbocycles. The molecule has 1 aromatic carbocycles. The topological polar surface area (TPSA) is 12.0 Å². The fraction of sp³-hybridized carbons (Fsp3) is 0.529. The van der Waals surface area contributed by atoms with Gasteiger partial charge in [0.25, 0.3) is 0 Å². The second-order valence-corrected chi connectivity index (χ2v) is 5.46. The van der Waals surface area contributed by atoms with Gasteiger partial charge in [0.1, 0.15) is 0 Å². The first-order valence-corrected chi connectivity index (χ1v) is 7.15. The lowest BCUT2D eigenvalue weighted by Gasteiger charge is -2.22. The predicted octanol–water partition coefficient (Wildman–Crippen LogP) is 4.45. The molecule has 1 heteroatoms. The van der Waals surface area contributed by atoms with Crippen LogP contribution in [-0.4, -0.2) is 7.05 Å². The Hall–Kier alpha value is -1.08. The van der Waals surface area contributed by atoms with Gasteiger partial charge in [-0.3, -0.25) is 0 Å². The average molecular weight is 243 g/mol. The Kier molecular flexibility index (Phi) is 4.60. The summed E-state index contributed by atoms with van der Waals surface area (Å²) in [5.41, 5.74) is 5.78. The van der Waals surface area contributed by atoms with E-state index >= 15 is 0 Å². The van der Waals surface area contributed by atoms with E-state index in [1.165, 1.54) is 48.8 Å². The summed E-state index contributed by atoms with van der Waals surface area (Å²) in [5, 5.41) is 3.51. The molecule has 1 aliphatic carbocycles. The van der Waals surface area contributed by atoms with Crippen LogP contribution in [0.5, 0.6) is 0 Å². The van der Waals surface area contributed by atoms with Gasteiger partial charge in [0.05, 0.1) is 6.04 Å². The van der Waals surface area contributed by atoms with Crippen LogP contribution in [0.25, 0.3) is 0 Å². The van der Waals surface area contributed by atoms with Crippen LogP contribution in [0.15, 0.2) is 29.8 Å². The Labute approximate surface area is 111 Å². The quantitative estimate of drug-likeness (QED) is 0.773. The van der Waals surface area contributed by atoms with Gasteiger partial charge in [-0.15, -0.1) is 0 Å². The van der Waals surface area contributed by atoms with E-state index in [9.17, 15) is 0 Å². The van der Waals surface area contributed by atoms with Crippen molar-refractivity contribution in [1.82, 2.24) is 5.32 Å². The summed E-state index contributed by atoms with van der Waals surface area (Å²) in [6.45, 7) is 4.39. The van der Waals surface area contributed by atoms with Crippen LogP contribution < -0.4 is 5.32 Å². The Morgan fingerprint density at radius 2 is 1.94 bits per heavy atom. The largest absolute Gasteiger partial charge is 0.310 e. The van der Waals surface area contributed by atoms with Gasteiger partial charge >= 0.3 is 0 Å². The van der Waals surface area contributed by atoms with Gasteiger partial charge in [-0.2, -0.15) is 0 Å². The third-order valence-electron chi connectivity index (χ3n) is 3.97. The first-order valence-electron chi connectivity index (χ1n) is 7.15. The highest BCUT2D eigenvalue weighted by molar-refractivity contribution is 5.37. The monoisotopic (exact) mass is 243 g/mol. The second kappa shape index (κ2) is 6.19. The lowest BCUT2D eigenvalue weighted by atomic mass is 9.91. The Morgan fingerprint density at radius 1 is 1.11 bits per heavy atom. The summed E-state index contributed by atoms with van der Waals surface area (Å²) in [6, 6.07) is 7.21. The van der Waals surface area contributed by atoms with Crippen molar-refractivity contribution in [3.63, 3.8) is 0 Å². The summed E-state index contributed by atoms with van der Waals surface area (Å²) >= 11 is 0. The van der Waals surface area contributed by atoms with Crippen LogP contribution in [0.3, 0.4) is 0 Å². The molecular formula is C17H25N. The maximum Gasteiger partial charge on any atom is 0.0536 e. The Morgan fingerprint density at radius 3 is 2.67 bits per heavy atom. The zero-order valence-corrected chi connectivity index (χ0v) is 11.9. The summed E-state index contributed by atoms with van der Waals surface area (Å²) in [5.74, 6) is 0. The van der Waals surface area contributed by atoms with Gasteiger partial charge in [-0.25, -0.2) is 0 Å². The standard InChI is InChI=1S/C17H25N/c1-13-10-11-16(14(2)12-13)17(18-3)15-8-6-4-5-7-9-15/h8,10-12,17-18H,4-7,9H2,1-3H3. The fourth-order valence-electron chi connectivity index (χ4n) is 2.99.